The van der Waals surface area contributed by atoms with E-state index in [0.717, 1.165) is 35.4 Å². The summed E-state index contributed by atoms with van der Waals surface area (Å²) in [6.45, 7) is 4.75. The van der Waals surface area contributed by atoms with E-state index in [1.54, 1.807) is 0 Å². The highest BCUT2D eigenvalue weighted by atomic mass is 35.5. The predicted molar refractivity (Wildman–Crippen MR) is 65.9 cm³/mol. The monoisotopic (exact) mass is 238 g/mol. The van der Waals surface area contributed by atoms with Gasteiger partial charge in [-0.3, -0.25) is 0 Å². The van der Waals surface area contributed by atoms with Crippen molar-refractivity contribution in [3.63, 3.8) is 0 Å². The first-order valence-corrected chi connectivity index (χ1v) is 5.28. The number of nitrogens with zero attached hydrogens (tertiary/aromatic N) is 2. The van der Waals surface area contributed by atoms with Crippen LogP contribution in [-0.4, -0.2) is 14.7 Å². The van der Waals surface area contributed by atoms with E-state index in [0.29, 0.717) is 0 Å². The lowest BCUT2D eigenvalue weighted by Crippen LogP contribution is -2.28. The van der Waals surface area contributed by atoms with Crippen LogP contribution in [0.3, 0.4) is 0 Å². The van der Waals surface area contributed by atoms with Gasteiger partial charge in [-0.15, -0.1) is 12.4 Å². The predicted octanol–water partition coefficient (Wildman–Crippen LogP) is 2.38. The zero-order valence-corrected chi connectivity index (χ0v) is 10.2. The van der Waals surface area contributed by atoms with Crippen LogP contribution in [0.1, 0.15) is 24.7 Å². The highest BCUT2D eigenvalue weighted by Gasteiger charge is 2.31. The van der Waals surface area contributed by atoms with E-state index in [1.807, 2.05) is 32.0 Å². The van der Waals surface area contributed by atoms with Gasteiger partial charge >= 0.3 is 0 Å². The summed E-state index contributed by atoms with van der Waals surface area (Å²) in [7, 11) is 0. The number of imidazole rings is 1. The minimum Gasteiger partial charge on any atom is -0.385 e. The van der Waals surface area contributed by atoms with Crippen LogP contribution in [0.4, 0.5) is 0 Å². The normalized spacial score (nSPS) is 23.2. The molecule has 1 unspecified atom stereocenters. The summed E-state index contributed by atoms with van der Waals surface area (Å²) in [5, 5.41) is 10.3. The number of halogens is 1. The molecule has 86 valence electrons. The third-order valence-electron chi connectivity index (χ3n) is 3.36. The van der Waals surface area contributed by atoms with Gasteiger partial charge in [0.05, 0.1) is 16.6 Å². The zero-order chi connectivity index (χ0) is 10.6. The number of para-hydroxylation sites is 1. The molecule has 3 nitrogen and oxygen atoms in total. The maximum absolute atomic E-state index is 10.3. The average molecular weight is 239 g/mol. The molecule has 0 radical (unpaired) electrons. The lowest BCUT2D eigenvalue weighted by atomic mass is 9.89. The molecule has 1 aromatic heterocycles. The molecule has 1 atom stereocenters. The Kier molecular flexibility index (Phi) is 2.48. The van der Waals surface area contributed by atoms with Gasteiger partial charge in [0, 0.05) is 12.1 Å². The molecule has 4 heteroatoms. The third kappa shape index (κ3) is 1.35. The average Bonchev–Trinajstić information content (AvgIpc) is 2.50. The molecule has 0 spiro atoms. The summed E-state index contributed by atoms with van der Waals surface area (Å²) in [5.41, 5.74) is 2.39. The van der Waals surface area contributed by atoms with Gasteiger partial charge in [0.1, 0.15) is 5.82 Å². The molecule has 1 aliphatic rings. The molecule has 3 rings (SSSR count). The van der Waals surface area contributed by atoms with Gasteiger partial charge in [0.2, 0.25) is 0 Å². The maximum Gasteiger partial charge on any atom is 0.106 e. The second-order valence-corrected chi connectivity index (χ2v) is 4.51. The molecule has 0 fully saturated rings. The van der Waals surface area contributed by atoms with Crippen molar-refractivity contribution < 1.29 is 5.11 Å². The van der Waals surface area contributed by atoms with Crippen molar-refractivity contribution in [2.24, 2.45) is 0 Å². The van der Waals surface area contributed by atoms with Crippen molar-refractivity contribution in [2.45, 2.75) is 32.4 Å². The molecule has 1 aliphatic heterocycles. The Morgan fingerprint density at radius 3 is 2.94 bits per heavy atom. The van der Waals surface area contributed by atoms with Crippen molar-refractivity contribution in [3.05, 3.63) is 29.6 Å². The number of aryl methyl sites for hydroxylation is 2. The topological polar surface area (TPSA) is 38.0 Å². The van der Waals surface area contributed by atoms with Gasteiger partial charge < -0.3 is 9.67 Å². The number of aliphatic hydroxyl groups is 1. The van der Waals surface area contributed by atoms with Crippen LogP contribution in [0.2, 0.25) is 0 Å². The van der Waals surface area contributed by atoms with Crippen LogP contribution < -0.4 is 0 Å². The van der Waals surface area contributed by atoms with E-state index in [4.69, 9.17) is 0 Å². The van der Waals surface area contributed by atoms with Crippen molar-refractivity contribution in [1.82, 2.24) is 9.55 Å². The third-order valence-corrected chi connectivity index (χ3v) is 3.36. The molecule has 0 saturated heterocycles. The first kappa shape index (κ1) is 11.4. The molecule has 2 heterocycles. The van der Waals surface area contributed by atoms with Gasteiger partial charge in [0.15, 0.2) is 0 Å². The summed E-state index contributed by atoms with van der Waals surface area (Å²) >= 11 is 0. The van der Waals surface area contributed by atoms with Gasteiger partial charge in [-0.1, -0.05) is 12.1 Å². The van der Waals surface area contributed by atoms with Crippen molar-refractivity contribution >= 4 is 23.4 Å². The van der Waals surface area contributed by atoms with Crippen molar-refractivity contribution in [3.8, 4) is 0 Å². The number of rotatable bonds is 0. The van der Waals surface area contributed by atoms with E-state index in [-0.39, 0.29) is 12.4 Å². The summed E-state index contributed by atoms with van der Waals surface area (Å²) in [6, 6.07) is 5.97. The highest BCUT2D eigenvalue weighted by Crippen LogP contribution is 2.36. The summed E-state index contributed by atoms with van der Waals surface area (Å²) in [6.07, 6.45) is 0.760. The number of hydrogen-bond acceptors (Lipinski definition) is 2. The Hall–Kier alpha value is -1.06. The fourth-order valence-corrected chi connectivity index (χ4v) is 2.47. The van der Waals surface area contributed by atoms with Gasteiger partial charge in [-0.05, 0) is 26.3 Å². The molecular formula is C12H15ClN2O. The van der Waals surface area contributed by atoms with Gasteiger partial charge in [0.25, 0.3) is 0 Å². The van der Waals surface area contributed by atoms with E-state index >= 15 is 0 Å². The summed E-state index contributed by atoms with van der Waals surface area (Å²) in [4.78, 5) is 4.50. The van der Waals surface area contributed by atoms with E-state index < -0.39 is 5.60 Å². The van der Waals surface area contributed by atoms with Gasteiger partial charge in [-0.25, -0.2) is 4.98 Å². The Morgan fingerprint density at radius 1 is 1.44 bits per heavy atom. The number of benzene rings is 1. The zero-order valence-electron chi connectivity index (χ0n) is 9.40. The summed E-state index contributed by atoms with van der Waals surface area (Å²) < 4.78 is 2.20. The van der Waals surface area contributed by atoms with Crippen LogP contribution in [0.15, 0.2) is 18.2 Å². The van der Waals surface area contributed by atoms with Crippen LogP contribution in [-0.2, 0) is 12.1 Å². The molecule has 0 aliphatic carbocycles. The SMILES string of the molecule is Cc1nc2cccc3c2n1CCC3(C)O.Cl. The van der Waals surface area contributed by atoms with Crippen LogP contribution >= 0.6 is 12.4 Å². The lowest BCUT2D eigenvalue weighted by Gasteiger charge is -2.30. The number of hydrogen-bond donors (Lipinski definition) is 1. The Balaban J connectivity index is 0.000000963. The fourth-order valence-electron chi connectivity index (χ4n) is 2.47. The molecule has 2 aromatic rings. The van der Waals surface area contributed by atoms with Crippen LogP contribution in [0, 0.1) is 6.92 Å². The molecule has 0 amide bonds. The largest absolute Gasteiger partial charge is 0.385 e. The molecule has 0 saturated carbocycles. The van der Waals surface area contributed by atoms with Crippen LogP contribution in [0.5, 0.6) is 0 Å². The summed E-state index contributed by atoms with van der Waals surface area (Å²) in [5.74, 6) is 1.04. The molecule has 0 bridgehead atoms. The standard InChI is InChI=1S/C12H14N2O.ClH/c1-8-13-10-5-3-4-9-11(10)14(8)7-6-12(9,2)15;/h3-5,15H,6-7H2,1-2H3;1H. The number of aromatic nitrogens is 2. The first-order chi connectivity index (χ1) is 7.09. The van der Waals surface area contributed by atoms with Crippen molar-refractivity contribution in [1.29, 1.82) is 0 Å². The second-order valence-electron chi connectivity index (χ2n) is 4.51. The fraction of sp³-hybridized carbons (Fsp3) is 0.417. The Morgan fingerprint density at radius 2 is 2.19 bits per heavy atom. The van der Waals surface area contributed by atoms with Gasteiger partial charge in [-0.2, -0.15) is 0 Å². The molecule has 16 heavy (non-hydrogen) atoms. The van der Waals surface area contributed by atoms with E-state index in [1.165, 1.54) is 0 Å². The Bertz CT molecular complexity index is 545. The molecule has 1 aromatic carbocycles. The minimum absolute atomic E-state index is 0. The van der Waals surface area contributed by atoms with Crippen LogP contribution in [0.25, 0.3) is 11.0 Å². The smallest absolute Gasteiger partial charge is 0.106 e. The lowest BCUT2D eigenvalue weighted by molar-refractivity contribution is 0.0396. The van der Waals surface area contributed by atoms with Crippen molar-refractivity contribution in [2.75, 3.05) is 0 Å². The van der Waals surface area contributed by atoms with E-state index in [2.05, 4.69) is 9.55 Å². The second kappa shape index (κ2) is 3.47. The highest BCUT2D eigenvalue weighted by molar-refractivity contribution is 5.85. The molecule has 1 N–H and O–H groups in total. The quantitative estimate of drug-likeness (QED) is 0.765. The molecular weight excluding hydrogens is 224 g/mol. The first-order valence-electron chi connectivity index (χ1n) is 5.28. The van der Waals surface area contributed by atoms with E-state index in [9.17, 15) is 5.11 Å². The maximum atomic E-state index is 10.3. The Labute approximate surface area is 101 Å². The minimum atomic E-state index is -0.706.